The Labute approximate surface area is 152 Å². The van der Waals surface area contributed by atoms with Crippen LogP contribution in [0.4, 0.5) is 0 Å². The molecule has 0 saturated carbocycles. The summed E-state index contributed by atoms with van der Waals surface area (Å²) in [6.45, 7) is 7.00. The standard InChI is InChI=1S/C8H11Ge.3C4H9.Sn/c1-9(2)8-6-4-3-5-7-8;3*1-3-4-2;/h3-7H,1-2H3;3*1,3-4H2,2H3;. The molecule has 0 aliphatic carbocycles. The number of unbranched alkanes of at least 4 members (excludes halogenated alkanes) is 3. The van der Waals surface area contributed by atoms with Gasteiger partial charge >= 0.3 is 153 Å². The molecule has 0 unspecified atom stereocenters. The topological polar surface area (TPSA) is 0 Å². The monoisotopic (exact) mass is 472 g/mol. The van der Waals surface area contributed by atoms with Gasteiger partial charge in [0.25, 0.3) is 0 Å². The molecular weight excluding hydrogens is 432 g/mol. The van der Waals surface area contributed by atoms with Crippen LogP contribution in [0.1, 0.15) is 59.3 Å². The quantitative estimate of drug-likeness (QED) is 0.342. The molecule has 0 amide bonds. The van der Waals surface area contributed by atoms with Gasteiger partial charge in [-0.15, -0.1) is 0 Å². The Kier molecular flexibility index (Phi) is 16.8. The molecule has 0 saturated heterocycles. The molecule has 0 atom stereocenters. The van der Waals surface area contributed by atoms with Crippen molar-refractivity contribution in [1.29, 1.82) is 0 Å². The molecule has 126 valence electrons. The van der Waals surface area contributed by atoms with Crippen molar-refractivity contribution in [2.45, 2.75) is 84.1 Å². The van der Waals surface area contributed by atoms with Gasteiger partial charge in [0, 0.05) is 0 Å². The first-order valence-corrected chi connectivity index (χ1v) is 20.6. The van der Waals surface area contributed by atoms with E-state index in [4.69, 9.17) is 0 Å². The summed E-state index contributed by atoms with van der Waals surface area (Å²) in [5.74, 6) is 4.74. The molecule has 1 aromatic carbocycles. The van der Waals surface area contributed by atoms with Crippen molar-refractivity contribution >= 4 is 38.5 Å². The van der Waals surface area contributed by atoms with Gasteiger partial charge < -0.3 is 0 Å². The first-order valence-electron chi connectivity index (χ1n) is 9.34. The number of hydrogen-bond acceptors (Lipinski definition) is 0. The average molecular weight is 470 g/mol. The van der Waals surface area contributed by atoms with Gasteiger partial charge in [0.05, 0.1) is 0 Å². The van der Waals surface area contributed by atoms with E-state index in [0.717, 1.165) is 0 Å². The number of hydrogen-bond donors (Lipinski definition) is 0. The summed E-state index contributed by atoms with van der Waals surface area (Å²) in [5.41, 5.74) is 0. The van der Waals surface area contributed by atoms with Crippen molar-refractivity contribution in [2.75, 3.05) is 0 Å². The molecule has 22 heavy (non-hydrogen) atoms. The van der Waals surface area contributed by atoms with Gasteiger partial charge in [0.15, 0.2) is 0 Å². The maximum absolute atomic E-state index is 2.37. The predicted molar refractivity (Wildman–Crippen MR) is 108 cm³/mol. The van der Waals surface area contributed by atoms with Crippen molar-refractivity contribution < 1.29 is 0 Å². The van der Waals surface area contributed by atoms with Crippen LogP contribution in [0.15, 0.2) is 30.3 Å². The molecule has 0 fully saturated rings. The molecule has 0 spiro atoms. The van der Waals surface area contributed by atoms with Gasteiger partial charge in [0.1, 0.15) is 0 Å². The zero-order valence-electron chi connectivity index (χ0n) is 15.8. The molecule has 1 aromatic rings. The Morgan fingerprint density at radius 3 is 1.41 bits per heavy atom. The summed E-state index contributed by atoms with van der Waals surface area (Å²) in [6, 6.07) is 10.8. The second kappa shape index (κ2) is 16.4. The van der Waals surface area contributed by atoms with Gasteiger partial charge in [0.2, 0.25) is 0 Å². The fourth-order valence-corrected chi connectivity index (χ4v) is 13.7. The van der Waals surface area contributed by atoms with E-state index >= 15 is 0 Å². The Morgan fingerprint density at radius 2 is 1.14 bits per heavy atom. The van der Waals surface area contributed by atoms with E-state index in [0.29, 0.717) is 0 Å². The first-order chi connectivity index (χ1) is 10.7. The fraction of sp³-hybridized carbons (Fsp3) is 0.700. The Hall–Kier alpha value is 0.562. The Bertz CT molecular complexity index is 305. The van der Waals surface area contributed by atoms with E-state index in [9.17, 15) is 0 Å². The molecule has 0 N–H and O–H groups in total. The van der Waals surface area contributed by atoms with Gasteiger partial charge in [-0.3, -0.25) is 0 Å². The van der Waals surface area contributed by atoms with E-state index in [-0.39, 0.29) is 0 Å². The van der Waals surface area contributed by atoms with Crippen molar-refractivity contribution in [1.82, 2.24) is 0 Å². The molecule has 2 heteroatoms. The maximum atomic E-state index is 2.37. The summed E-state index contributed by atoms with van der Waals surface area (Å²) < 4.78 is 6.62. The molecule has 0 aliphatic heterocycles. The number of rotatable bonds is 10. The summed E-state index contributed by atoms with van der Waals surface area (Å²) in [7, 11) is 0. The van der Waals surface area contributed by atoms with E-state index in [2.05, 4.69) is 62.6 Å². The van der Waals surface area contributed by atoms with Crippen molar-refractivity contribution in [3.05, 3.63) is 30.3 Å². The van der Waals surface area contributed by atoms with Gasteiger partial charge in [-0.05, 0) is 0 Å². The van der Waals surface area contributed by atoms with Crippen LogP contribution in [-0.4, -0.2) is 34.1 Å². The zero-order chi connectivity index (χ0) is 16.6. The summed E-state index contributed by atoms with van der Waals surface area (Å²) in [5, 5.41) is 0. The van der Waals surface area contributed by atoms with Gasteiger partial charge in [-0.25, -0.2) is 0 Å². The molecular formula is C20H38GeSn. The SMILES string of the molecule is CCC[CH2][Sn]([CH2]CCC)[CH2]CCC.[CH3][Ge]([CH3])[c]1ccccc1. The minimum atomic E-state index is -0.839. The molecule has 2 radical (unpaired) electrons. The summed E-state index contributed by atoms with van der Waals surface area (Å²) in [4.78, 5) is 0. The molecule has 0 nitrogen and oxygen atoms in total. The second-order valence-corrected chi connectivity index (χ2v) is 20.4. The molecule has 0 aromatic heterocycles. The molecule has 1 rings (SSSR count). The van der Waals surface area contributed by atoms with Crippen LogP contribution in [0.3, 0.4) is 0 Å². The molecule has 0 bridgehead atoms. The van der Waals surface area contributed by atoms with Crippen molar-refractivity contribution in [2.24, 2.45) is 0 Å². The normalized spacial score (nSPS) is 10.7. The van der Waals surface area contributed by atoms with Gasteiger partial charge in [-0.2, -0.15) is 0 Å². The summed E-state index contributed by atoms with van der Waals surface area (Å²) in [6.07, 6.45) is 8.85. The second-order valence-electron chi connectivity index (χ2n) is 6.43. The van der Waals surface area contributed by atoms with Crippen molar-refractivity contribution in [3.63, 3.8) is 0 Å². The van der Waals surface area contributed by atoms with E-state index < -0.39 is 34.1 Å². The van der Waals surface area contributed by atoms with Crippen LogP contribution >= 0.6 is 0 Å². The van der Waals surface area contributed by atoms with Crippen LogP contribution in [0.25, 0.3) is 0 Å². The third-order valence-corrected chi connectivity index (χ3v) is 16.2. The van der Waals surface area contributed by atoms with Crippen LogP contribution in [0, 0.1) is 0 Å². The molecule has 0 aliphatic rings. The Morgan fingerprint density at radius 1 is 0.727 bits per heavy atom. The third-order valence-electron chi connectivity index (χ3n) is 4.00. The average Bonchev–Trinajstić information content (AvgIpc) is 2.55. The molecule has 0 heterocycles. The first kappa shape index (κ1) is 22.6. The summed E-state index contributed by atoms with van der Waals surface area (Å²) >= 11 is -1.61. The third kappa shape index (κ3) is 13.0. The van der Waals surface area contributed by atoms with Crippen LogP contribution in [0.5, 0.6) is 0 Å². The van der Waals surface area contributed by atoms with E-state index in [1.165, 1.54) is 38.5 Å². The van der Waals surface area contributed by atoms with Gasteiger partial charge in [-0.1, -0.05) is 0 Å². The fourth-order valence-electron chi connectivity index (χ4n) is 2.43. The van der Waals surface area contributed by atoms with Crippen LogP contribution < -0.4 is 4.40 Å². The van der Waals surface area contributed by atoms with E-state index in [1.807, 2.05) is 0 Å². The van der Waals surface area contributed by atoms with Crippen LogP contribution in [-0.2, 0) is 0 Å². The Balaban J connectivity index is 0.000000425. The minimum absolute atomic E-state index is 0.766. The van der Waals surface area contributed by atoms with Crippen LogP contribution in [0.2, 0.25) is 24.8 Å². The zero-order valence-corrected chi connectivity index (χ0v) is 20.7. The predicted octanol–water partition coefficient (Wildman–Crippen LogP) is 6.53. The van der Waals surface area contributed by atoms with Crippen molar-refractivity contribution in [3.8, 4) is 0 Å². The number of benzene rings is 1. The van der Waals surface area contributed by atoms with E-state index in [1.54, 1.807) is 17.7 Å².